The van der Waals surface area contributed by atoms with E-state index in [-0.39, 0.29) is 0 Å². The van der Waals surface area contributed by atoms with Crippen LogP contribution in [0.15, 0.2) is 24.3 Å². The quantitative estimate of drug-likeness (QED) is 0.926. The van der Waals surface area contributed by atoms with Gasteiger partial charge < -0.3 is 5.32 Å². The van der Waals surface area contributed by atoms with Crippen LogP contribution in [0.4, 0.5) is 5.82 Å². The Hall–Kier alpha value is -2.41. The fourth-order valence-electron chi connectivity index (χ4n) is 2.56. The lowest BCUT2D eigenvalue weighted by Gasteiger charge is -2.09. The van der Waals surface area contributed by atoms with Gasteiger partial charge in [0.15, 0.2) is 0 Å². The molecule has 0 amide bonds. The van der Waals surface area contributed by atoms with Gasteiger partial charge in [0, 0.05) is 11.4 Å². The molecule has 0 aromatic carbocycles. The van der Waals surface area contributed by atoms with Gasteiger partial charge in [0.2, 0.25) is 0 Å². The average molecular weight is 264 g/mol. The van der Waals surface area contributed by atoms with Crippen LogP contribution >= 0.6 is 0 Å². The number of aryl methyl sites for hydroxylation is 3. The van der Waals surface area contributed by atoms with Crippen LogP contribution in [-0.2, 0) is 19.4 Å². The Bertz CT molecular complexity index is 685. The van der Waals surface area contributed by atoms with Crippen LogP contribution in [0, 0.1) is 18.3 Å². The fourth-order valence-corrected chi connectivity index (χ4v) is 2.56. The van der Waals surface area contributed by atoms with Gasteiger partial charge in [-0.15, -0.1) is 0 Å². The third kappa shape index (κ3) is 2.48. The molecule has 0 fully saturated rings. The summed E-state index contributed by atoms with van der Waals surface area (Å²) in [6.07, 6.45) is 3.19. The summed E-state index contributed by atoms with van der Waals surface area (Å²) in [6.45, 7) is 2.56. The minimum atomic E-state index is 0.585. The highest BCUT2D eigenvalue weighted by Gasteiger charge is 2.16. The SMILES string of the molecule is Cc1cccc(CNc2nc3c(cc2C#N)CCC3)n1. The highest BCUT2D eigenvalue weighted by Crippen LogP contribution is 2.25. The molecule has 0 unspecified atom stereocenters. The zero-order chi connectivity index (χ0) is 13.9. The maximum atomic E-state index is 9.25. The Kier molecular flexibility index (Phi) is 3.34. The highest BCUT2D eigenvalue weighted by molar-refractivity contribution is 5.55. The van der Waals surface area contributed by atoms with Crippen molar-refractivity contribution in [3.05, 3.63) is 52.5 Å². The van der Waals surface area contributed by atoms with E-state index in [1.807, 2.05) is 31.2 Å². The molecule has 3 rings (SSSR count). The number of nitrogens with one attached hydrogen (secondary N) is 1. The Morgan fingerprint density at radius 3 is 3.00 bits per heavy atom. The number of rotatable bonds is 3. The van der Waals surface area contributed by atoms with Gasteiger partial charge >= 0.3 is 0 Å². The van der Waals surface area contributed by atoms with E-state index >= 15 is 0 Å². The first kappa shape index (κ1) is 12.6. The van der Waals surface area contributed by atoms with Gasteiger partial charge in [-0.1, -0.05) is 6.07 Å². The molecule has 1 aliphatic rings. The van der Waals surface area contributed by atoms with E-state index in [4.69, 9.17) is 0 Å². The number of hydrogen-bond acceptors (Lipinski definition) is 4. The standard InChI is InChI=1S/C16H16N4/c1-11-4-2-6-14(19-11)10-18-16-13(9-17)8-12-5-3-7-15(12)20-16/h2,4,6,8H,3,5,7,10H2,1H3,(H,18,20). The molecule has 4 heteroatoms. The first-order valence-corrected chi connectivity index (χ1v) is 6.85. The predicted molar refractivity (Wildman–Crippen MR) is 77.3 cm³/mol. The second kappa shape index (κ2) is 5.30. The summed E-state index contributed by atoms with van der Waals surface area (Å²) in [7, 11) is 0. The smallest absolute Gasteiger partial charge is 0.144 e. The lowest BCUT2D eigenvalue weighted by Crippen LogP contribution is -2.07. The van der Waals surface area contributed by atoms with E-state index in [0.29, 0.717) is 17.9 Å². The van der Waals surface area contributed by atoms with Crippen molar-refractivity contribution in [1.29, 1.82) is 5.26 Å². The molecular weight excluding hydrogens is 248 g/mol. The van der Waals surface area contributed by atoms with E-state index in [2.05, 4.69) is 21.4 Å². The molecule has 100 valence electrons. The van der Waals surface area contributed by atoms with Gasteiger partial charge in [0.25, 0.3) is 0 Å². The highest BCUT2D eigenvalue weighted by atomic mass is 15.0. The van der Waals surface area contributed by atoms with Crippen LogP contribution < -0.4 is 5.32 Å². The second-order valence-electron chi connectivity index (χ2n) is 5.08. The normalized spacial score (nSPS) is 12.8. The van der Waals surface area contributed by atoms with Crippen molar-refractivity contribution in [3.8, 4) is 6.07 Å². The average Bonchev–Trinajstić information content (AvgIpc) is 2.91. The number of nitrogens with zero attached hydrogens (tertiary/aromatic N) is 3. The summed E-state index contributed by atoms with van der Waals surface area (Å²) in [5.74, 6) is 0.677. The molecule has 2 aromatic heterocycles. The van der Waals surface area contributed by atoms with Crippen LogP contribution in [0.1, 0.15) is 34.6 Å². The fraction of sp³-hybridized carbons (Fsp3) is 0.312. The van der Waals surface area contributed by atoms with Gasteiger partial charge in [-0.25, -0.2) is 4.98 Å². The van der Waals surface area contributed by atoms with Crippen LogP contribution in [0.25, 0.3) is 0 Å². The Balaban J connectivity index is 1.82. The molecule has 0 saturated heterocycles. The summed E-state index contributed by atoms with van der Waals surface area (Å²) in [6, 6.07) is 10.1. The maximum Gasteiger partial charge on any atom is 0.144 e. The minimum absolute atomic E-state index is 0.585. The van der Waals surface area contributed by atoms with Crippen molar-refractivity contribution >= 4 is 5.82 Å². The Labute approximate surface area is 118 Å². The molecular formula is C16H16N4. The number of anilines is 1. The molecule has 0 atom stereocenters. The van der Waals surface area contributed by atoms with E-state index in [1.54, 1.807) is 0 Å². The first-order valence-electron chi connectivity index (χ1n) is 6.85. The summed E-state index contributed by atoms with van der Waals surface area (Å²) in [4.78, 5) is 9.04. The number of pyridine rings is 2. The number of nitriles is 1. The van der Waals surface area contributed by atoms with Gasteiger partial charge in [0.1, 0.15) is 11.9 Å². The van der Waals surface area contributed by atoms with E-state index in [1.165, 1.54) is 5.56 Å². The number of aromatic nitrogens is 2. The van der Waals surface area contributed by atoms with Crippen molar-refractivity contribution in [2.75, 3.05) is 5.32 Å². The molecule has 4 nitrogen and oxygen atoms in total. The van der Waals surface area contributed by atoms with Gasteiger partial charge in [-0.05, 0) is 49.9 Å². The molecule has 20 heavy (non-hydrogen) atoms. The molecule has 0 aliphatic heterocycles. The van der Waals surface area contributed by atoms with Crippen molar-refractivity contribution < 1.29 is 0 Å². The van der Waals surface area contributed by atoms with Gasteiger partial charge in [0.05, 0.1) is 17.8 Å². The number of hydrogen-bond donors (Lipinski definition) is 1. The molecule has 0 bridgehead atoms. The van der Waals surface area contributed by atoms with Gasteiger partial charge in [-0.2, -0.15) is 5.26 Å². The third-order valence-corrected chi connectivity index (χ3v) is 3.55. The molecule has 2 heterocycles. The minimum Gasteiger partial charge on any atom is -0.363 e. The Morgan fingerprint density at radius 2 is 2.20 bits per heavy atom. The van der Waals surface area contributed by atoms with E-state index in [9.17, 15) is 5.26 Å². The summed E-state index contributed by atoms with van der Waals surface area (Å²) >= 11 is 0. The topological polar surface area (TPSA) is 61.6 Å². The predicted octanol–water partition coefficient (Wildman–Crippen LogP) is 2.76. The number of fused-ring (bicyclic) bond motifs is 1. The van der Waals surface area contributed by atoms with Crippen molar-refractivity contribution in [3.63, 3.8) is 0 Å². The van der Waals surface area contributed by atoms with E-state index < -0.39 is 0 Å². The monoisotopic (exact) mass is 264 g/mol. The van der Waals surface area contributed by atoms with Crippen molar-refractivity contribution in [2.24, 2.45) is 0 Å². The largest absolute Gasteiger partial charge is 0.363 e. The van der Waals surface area contributed by atoms with Crippen LogP contribution in [0.2, 0.25) is 0 Å². The second-order valence-corrected chi connectivity index (χ2v) is 5.08. The summed E-state index contributed by atoms with van der Waals surface area (Å²) < 4.78 is 0. The van der Waals surface area contributed by atoms with Crippen LogP contribution in [-0.4, -0.2) is 9.97 Å². The molecule has 2 aromatic rings. The molecule has 1 N–H and O–H groups in total. The first-order chi connectivity index (χ1) is 9.76. The summed E-state index contributed by atoms with van der Waals surface area (Å²) in [5, 5.41) is 12.5. The van der Waals surface area contributed by atoms with E-state index in [0.717, 1.165) is 36.3 Å². The summed E-state index contributed by atoms with van der Waals surface area (Å²) in [5.41, 5.74) is 4.92. The van der Waals surface area contributed by atoms with Crippen LogP contribution in [0.3, 0.4) is 0 Å². The lowest BCUT2D eigenvalue weighted by atomic mass is 10.1. The third-order valence-electron chi connectivity index (χ3n) is 3.55. The molecule has 0 radical (unpaired) electrons. The molecule has 0 saturated carbocycles. The maximum absolute atomic E-state index is 9.25. The zero-order valence-electron chi connectivity index (χ0n) is 11.5. The van der Waals surface area contributed by atoms with Crippen LogP contribution in [0.5, 0.6) is 0 Å². The zero-order valence-corrected chi connectivity index (χ0v) is 11.5. The molecule has 0 spiro atoms. The van der Waals surface area contributed by atoms with Crippen molar-refractivity contribution in [2.45, 2.75) is 32.7 Å². The Morgan fingerprint density at radius 1 is 1.30 bits per heavy atom. The lowest BCUT2D eigenvalue weighted by molar-refractivity contribution is 0.898. The van der Waals surface area contributed by atoms with Crippen molar-refractivity contribution in [1.82, 2.24) is 9.97 Å². The molecule has 1 aliphatic carbocycles. The van der Waals surface area contributed by atoms with Gasteiger partial charge in [-0.3, -0.25) is 4.98 Å².